The quantitative estimate of drug-likeness (QED) is 0.0893. The van der Waals surface area contributed by atoms with Crippen LogP contribution in [0.1, 0.15) is 92.3 Å². The first-order chi connectivity index (χ1) is 32.9. The zero-order valence-corrected chi connectivity index (χ0v) is 41.0. The Morgan fingerprint density at radius 3 is 2.13 bits per heavy atom. The van der Waals surface area contributed by atoms with Gasteiger partial charge in [-0.1, -0.05) is 32.9 Å². The van der Waals surface area contributed by atoms with Crippen molar-refractivity contribution in [2.45, 2.75) is 104 Å². The van der Waals surface area contributed by atoms with E-state index in [2.05, 4.69) is 46.9 Å². The van der Waals surface area contributed by atoms with Crippen LogP contribution in [0, 0.1) is 30.6 Å². The number of nitrogens with one attached hydrogen (secondary N) is 4. The van der Waals surface area contributed by atoms with Crippen molar-refractivity contribution in [1.82, 2.24) is 36.1 Å². The number of rotatable bonds is 18. The number of aryl methyl sites for hydroxylation is 2. The highest BCUT2D eigenvalue weighted by Crippen LogP contribution is 2.40. The van der Waals surface area contributed by atoms with Gasteiger partial charge in [-0.05, 0) is 93.8 Å². The Bertz CT molecular complexity index is 2320. The number of amides is 5. The summed E-state index contributed by atoms with van der Waals surface area (Å²) < 4.78 is 18.4. The second-order valence-corrected chi connectivity index (χ2v) is 18.6. The smallest absolute Gasteiger partial charge is 0.255 e. The van der Waals surface area contributed by atoms with Crippen molar-refractivity contribution in [1.29, 1.82) is 5.26 Å². The van der Waals surface area contributed by atoms with Crippen LogP contribution in [0.3, 0.4) is 0 Å². The lowest BCUT2D eigenvalue weighted by atomic mass is 9.93. The monoisotopic (exact) mass is 955 g/mol. The summed E-state index contributed by atoms with van der Waals surface area (Å²) in [6.07, 6.45) is 2.78. The predicted octanol–water partition coefficient (Wildman–Crippen LogP) is 1.69. The van der Waals surface area contributed by atoms with Gasteiger partial charge in [0.25, 0.3) is 5.91 Å². The normalized spacial score (nSPS) is 18.2. The number of nitrogens with zero attached hydrogens (tertiary/aromatic N) is 5. The van der Waals surface area contributed by atoms with Gasteiger partial charge in [-0.25, -0.2) is 9.97 Å². The third-order valence-corrected chi connectivity index (χ3v) is 12.0. The number of benzene rings is 2. The van der Waals surface area contributed by atoms with E-state index in [1.807, 2.05) is 6.07 Å². The Kier molecular flexibility index (Phi) is 19.2. The lowest BCUT2D eigenvalue weighted by molar-refractivity contribution is -0.141. The average molecular weight is 955 g/mol. The molecule has 1 unspecified atom stereocenters. The first-order valence-corrected chi connectivity index (χ1v) is 23.6. The van der Waals surface area contributed by atoms with Gasteiger partial charge >= 0.3 is 0 Å². The molecule has 3 heterocycles. The van der Waals surface area contributed by atoms with Crippen LogP contribution in [0.25, 0.3) is 11.1 Å². The Balaban J connectivity index is 1.49. The Hall–Kier alpha value is -6.40. The van der Waals surface area contributed by atoms with Crippen LogP contribution in [-0.2, 0) is 30.3 Å². The molecule has 4 atom stereocenters. The molecule has 20 heteroatoms. The fourth-order valence-electron chi connectivity index (χ4n) is 8.28. The molecule has 2 aliphatic rings. The molecule has 69 heavy (non-hydrogen) atoms. The molecule has 0 aliphatic carbocycles. The second-order valence-electron chi connectivity index (χ2n) is 18.6. The molecular weight excluding hydrogens is 885 g/mol. The number of ether oxygens (including phenoxy) is 3. The van der Waals surface area contributed by atoms with E-state index in [9.17, 15) is 29.2 Å². The summed E-state index contributed by atoms with van der Waals surface area (Å²) >= 11 is 0. The van der Waals surface area contributed by atoms with E-state index in [0.717, 1.165) is 19.3 Å². The van der Waals surface area contributed by atoms with E-state index < -0.39 is 53.7 Å². The van der Waals surface area contributed by atoms with Crippen molar-refractivity contribution < 1.29 is 38.2 Å². The van der Waals surface area contributed by atoms with Crippen LogP contribution in [0.15, 0.2) is 36.4 Å². The number of carbonyl (C=O) groups is 5. The molecule has 1 fully saturated rings. The zero-order valence-electron chi connectivity index (χ0n) is 41.0. The lowest BCUT2D eigenvalue weighted by Crippen LogP contribution is -2.56. The van der Waals surface area contributed by atoms with Crippen LogP contribution in [-0.4, -0.2) is 135 Å². The number of hydrogen-bond acceptors (Lipinski definition) is 15. The number of likely N-dealkylation sites (N-methyl/N-ethyl adjacent to an activating group) is 1. The first kappa shape index (κ1) is 53.6. The number of anilines is 1. The summed E-state index contributed by atoms with van der Waals surface area (Å²) in [5, 5.41) is 20.0. The molecule has 1 saturated heterocycles. The number of fused-ring (bicyclic) bond motifs is 5. The van der Waals surface area contributed by atoms with Gasteiger partial charge in [-0.15, -0.1) is 0 Å². The van der Waals surface area contributed by atoms with Gasteiger partial charge < -0.3 is 62.5 Å². The molecule has 20 nitrogen and oxygen atoms in total. The van der Waals surface area contributed by atoms with Gasteiger partial charge in [-0.2, -0.15) is 5.26 Å². The molecule has 5 amide bonds. The first-order valence-electron chi connectivity index (χ1n) is 23.6. The van der Waals surface area contributed by atoms with Crippen molar-refractivity contribution >= 4 is 35.5 Å². The highest BCUT2D eigenvalue weighted by atomic mass is 16.5. The van der Waals surface area contributed by atoms with Gasteiger partial charge in [0.1, 0.15) is 55.4 Å². The Morgan fingerprint density at radius 1 is 0.913 bits per heavy atom. The fourth-order valence-corrected chi connectivity index (χ4v) is 8.28. The van der Waals surface area contributed by atoms with E-state index in [-0.39, 0.29) is 69.3 Å². The number of piperidine rings is 1. The Morgan fingerprint density at radius 2 is 1.54 bits per heavy atom. The topological polar surface area (TPSA) is 295 Å². The molecule has 2 aliphatic heterocycles. The summed E-state index contributed by atoms with van der Waals surface area (Å²) in [4.78, 5) is 83.5. The van der Waals surface area contributed by atoms with Crippen molar-refractivity contribution in [3.8, 4) is 28.7 Å². The molecule has 0 spiro atoms. The Labute approximate surface area is 404 Å². The van der Waals surface area contributed by atoms with Gasteiger partial charge in [0, 0.05) is 57.4 Å². The second kappa shape index (κ2) is 24.8. The molecule has 0 saturated carbocycles. The van der Waals surface area contributed by atoms with E-state index in [1.54, 1.807) is 50.2 Å². The van der Waals surface area contributed by atoms with Gasteiger partial charge in [0.05, 0.1) is 29.1 Å². The average Bonchev–Trinajstić information content (AvgIpc) is 3.30. The van der Waals surface area contributed by atoms with Crippen molar-refractivity contribution in [2.75, 3.05) is 71.0 Å². The van der Waals surface area contributed by atoms with Crippen molar-refractivity contribution in [3.05, 3.63) is 64.5 Å². The molecule has 3 aromatic rings. The van der Waals surface area contributed by atoms with E-state index in [4.69, 9.17) is 41.4 Å². The van der Waals surface area contributed by atoms with Gasteiger partial charge in [0.15, 0.2) is 0 Å². The molecule has 2 aromatic carbocycles. The number of hydrogen-bond donors (Lipinski definition) is 7. The fraction of sp³-hybridized carbons (Fsp3) is 0.551. The minimum Gasteiger partial charge on any atom is -0.492 e. The van der Waals surface area contributed by atoms with Crippen LogP contribution >= 0.6 is 0 Å². The SMILES string of the molecule is Cc1nc(N2CCC(OCCC(C)(C)C)CC2)nc(C)c1C(=O)NC(CCN)C(=O)N(C)[C@@H]1C(=O)N[C@@H](C)C(=O)N[C@H](C(=O)NCC#N)Cc2ccc(OCCN)c(c2)-c2cc1ccc2OCCN. The molecule has 10 N–H and O–H groups in total. The summed E-state index contributed by atoms with van der Waals surface area (Å²) in [5.41, 5.74) is 20.9. The summed E-state index contributed by atoms with van der Waals surface area (Å²) in [6.45, 7) is 14.0. The van der Waals surface area contributed by atoms with Crippen molar-refractivity contribution in [2.24, 2.45) is 22.6 Å². The maximum absolute atomic E-state index is 14.8. The van der Waals surface area contributed by atoms with E-state index in [1.165, 1.54) is 18.9 Å². The highest BCUT2D eigenvalue weighted by Gasteiger charge is 2.37. The number of nitrogens with two attached hydrogens (primary N) is 3. The minimum atomic E-state index is -1.40. The van der Waals surface area contributed by atoms with Gasteiger partial charge in [0.2, 0.25) is 29.6 Å². The maximum Gasteiger partial charge on any atom is 0.255 e. The standard InChI is InChI=1S/C49H70N12O8/c1-29-41(30(2)57-48(56-29)61-21-13-34(14-22-61)67-23-15-49(4,5)6)45(64)58-37(12-16-50)47(66)60(7)42-33-9-11-40(69-25-19-53)36(28-33)35-26-32(8-10-39(35)68-24-18-52)27-38(44(63)54-20-17-51)59-43(62)31(3)55-46(42)65/h8-11,26,28,31,34,37-38,42H,12-16,18-25,27,50,52-53H2,1-7H3,(H,54,63)(H,55,65)(H,58,64)(H,59,62)/t31-,37?,38-,42-/m0/s1. The summed E-state index contributed by atoms with van der Waals surface area (Å²) in [5.74, 6) is -2.03. The van der Waals surface area contributed by atoms with Crippen LogP contribution < -0.4 is 52.8 Å². The molecule has 0 radical (unpaired) electrons. The van der Waals surface area contributed by atoms with Gasteiger partial charge in [-0.3, -0.25) is 24.0 Å². The number of aromatic nitrogens is 2. The molecule has 1 aromatic heterocycles. The van der Waals surface area contributed by atoms with E-state index >= 15 is 0 Å². The largest absolute Gasteiger partial charge is 0.492 e. The highest BCUT2D eigenvalue weighted by molar-refractivity contribution is 6.00. The van der Waals surface area contributed by atoms with Crippen LogP contribution in [0.4, 0.5) is 5.95 Å². The molecule has 374 valence electrons. The van der Waals surface area contributed by atoms with E-state index in [0.29, 0.717) is 70.8 Å². The summed E-state index contributed by atoms with van der Waals surface area (Å²) in [6, 6.07) is 7.07. The maximum atomic E-state index is 14.8. The lowest BCUT2D eigenvalue weighted by Gasteiger charge is -2.33. The number of nitriles is 1. The molecule has 5 rings (SSSR count). The van der Waals surface area contributed by atoms with Crippen molar-refractivity contribution in [3.63, 3.8) is 0 Å². The third kappa shape index (κ3) is 14.3. The van der Waals surface area contributed by atoms with Crippen LogP contribution in [0.2, 0.25) is 0 Å². The summed E-state index contributed by atoms with van der Waals surface area (Å²) in [7, 11) is 1.42. The molecular formula is C49H70N12O8. The predicted molar refractivity (Wildman–Crippen MR) is 260 cm³/mol. The zero-order chi connectivity index (χ0) is 50.4. The third-order valence-electron chi connectivity index (χ3n) is 12.0. The minimum absolute atomic E-state index is 0.00276. The number of carbonyl (C=O) groups excluding carboxylic acids is 5. The van der Waals surface area contributed by atoms with Crippen LogP contribution in [0.5, 0.6) is 11.5 Å². The molecule has 4 bridgehead atoms.